The average Bonchev–Trinajstić information content (AvgIpc) is 3.17. The van der Waals surface area contributed by atoms with Gasteiger partial charge in [0, 0.05) is 24.7 Å². The Kier molecular flexibility index (Phi) is 4.22. The van der Waals surface area contributed by atoms with E-state index in [0.29, 0.717) is 18.8 Å². The number of carboxylic acid groups (broad SMARTS) is 1. The van der Waals surface area contributed by atoms with E-state index in [1.807, 2.05) is 4.90 Å². The Bertz CT molecular complexity index is 496. The van der Waals surface area contributed by atoms with Crippen LogP contribution in [0.2, 0.25) is 0 Å². The predicted octanol–water partition coefficient (Wildman–Crippen LogP) is -0.0996. The van der Waals surface area contributed by atoms with Crippen molar-refractivity contribution in [3.8, 4) is 0 Å². The molecule has 120 valence electrons. The molecule has 0 amide bonds. The van der Waals surface area contributed by atoms with Crippen molar-refractivity contribution < 1.29 is 18.3 Å². The normalized spacial score (nSPS) is 29.4. The largest absolute Gasteiger partial charge is 0.480 e. The molecule has 0 aromatic rings. The molecule has 3 N–H and O–H groups in total. The van der Waals surface area contributed by atoms with Crippen molar-refractivity contribution in [2.75, 3.05) is 13.1 Å². The lowest BCUT2D eigenvalue weighted by atomic mass is 9.86. The van der Waals surface area contributed by atoms with Crippen LogP contribution in [0.1, 0.15) is 38.5 Å². The van der Waals surface area contributed by atoms with Gasteiger partial charge in [-0.25, -0.2) is 0 Å². The summed E-state index contributed by atoms with van der Waals surface area (Å²) in [4.78, 5) is 12.9. The van der Waals surface area contributed by atoms with Gasteiger partial charge in [-0.1, -0.05) is 0 Å². The van der Waals surface area contributed by atoms with Crippen LogP contribution in [0, 0.1) is 5.92 Å². The molecule has 0 radical (unpaired) electrons. The van der Waals surface area contributed by atoms with E-state index in [1.165, 1.54) is 12.8 Å². The van der Waals surface area contributed by atoms with E-state index in [0.717, 1.165) is 19.4 Å². The second-order valence-electron chi connectivity index (χ2n) is 6.60. The third-order valence-electron chi connectivity index (χ3n) is 4.38. The SMILES string of the molecule is O=C(O)CN(CC1CC1)C1CC(NS(=O)(=O)NC2CC2)C1. The quantitative estimate of drug-likeness (QED) is 0.551. The highest BCUT2D eigenvalue weighted by molar-refractivity contribution is 7.87. The first-order chi connectivity index (χ1) is 9.91. The summed E-state index contributed by atoms with van der Waals surface area (Å²) in [6, 6.07) is 0.230. The topological polar surface area (TPSA) is 98.7 Å². The second kappa shape index (κ2) is 5.83. The molecule has 0 aromatic heterocycles. The van der Waals surface area contributed by atoms with E-state index in [1.54, 1.807) is 0 Å². The summed E-state index contributed by atoms with van der Waals surface area (Å²) in [5, 5.41) is 8.98. The Morgan fingerprint density at radius 3 is 2.24 bits per heavy atom. The smallest absolute Gasteiger partial charge is 0.317 e. The van der Waals surface area contributed by atoms with Crippen LogP contribution in [0.5, 0.6) is 0 Å². The number of carbonyl (C=O) groups is 1. The van der Waals surface area contributed by atoms with Crippen LogP contribution in [-0.4, -0.2) is 55.6 Å². The Hall–Kier alpha value is -0.700. The molecule has 3 aliphatic carbocycles. The van der Waals surface area contributed by atoms with Gasteiger partial charge in [-0.15, -0.1) is 0 Å². The van der Waals surface area contributed by atoms with Gasteiger partial charge in [0.25, 0.3) is 10.2 Å². The number of nitrogens with one attached hydrogen (secondary N) is 2. The van der Waals surface area contributed by atoms with Gasteiger partial charge >= 0.3 is 5.97 Å². The standard InChI is InChI=1S/C13H23N3O4S/c17-13(18)8-16(7-9-1-2-9)12-5-11(6-12)15-21(19,20)14-10-3-4-10/h9-12,14-15H,1-8H2,(H,17,18). The summed E-state index contributed by atoms with van der Waals surface area (Å²) < 4.78 is 28.9. The molecular weight excluding hydrogens is 294 g/mol. The fourth-order valence-corrected chi connectivity index (χ4v) is 4.18. The highest BCUT2D eigenvalue weighted by Gasteiger charge is 2.39. The lowest BCUT2D eigenvalue weighted by Gasteiger charge is -2.42. The van der Waals surface area contributed by atoms with Crippen molar-refractivity contribution in [1.29, 1.82) is 0 Å². The van der Waals surface area contributed by atoms with Gasteiger partial charge in [-0.3, -0.25) is 9.69 Å². The maximum Gasteiger partial charge on any atom is 0.317 e. The van der Waals surface area contributed by atoms with Gasteiger partial charge in [-0.2, -0.15) is 17.9 Å². The molecule has 21 heavy (non-hydrogen) atoms. The van der Waals surface area contributed by atoms with Crippen molar-refractivity contribution in [3.05, 3.63) is 0 Å². The van der Waals surface area contributed by atoms with Crippen LogP contribution < -0.4 is 9.44 Å². The van der Waals surface area contributed by atoms with Crippen LogP contribution in [0.15, 0.2) is 0 Å². The zero-order chi connectivity index (χ0) is 15.0. The zero-order valence-electron chi connectivity index (χ0n) is 12.0. The lowest BCUT2D eigenvalue weighted by molar-refractivity contribution is -0.139. The Morgan fingerprint density at radius 1 is 1.10 bits per heavy atom. The molecule has 0 spiro atoms. The van der Waals surface area contributed by atoms with E-state index >= 15 is 0 Å². The van der Waals surface area contributed by atoms with Crippen molar-refractivity contribution in [2.45, 2.75) is 56.7 Å². The van der Waals surface area contributed by atoms with Crippen molar-refractivity contribution in [3.63, 3.8) is 0 Å². The average molecular weight is 317 g/mol. The lowest BCUT2D eigenvalue weighted by Crippen LogP contribution is -2.56. The highest BCUT2D eigenvalue weighted by Crippen LogP contribution is 2.34. The molecule has 0 unspecified atom stereocenters. The molecule has 3 fully saturated rings. The van der Waals surface area contributed by atoms with Gasteiger partial charge < -0.3 is 5.11 Å². The summed E-state index contributed by atoms with van der Waals surface area (Å²) >= 11 is 0. The first kappa shape index (κ1) is 15.2. The summed E-state index contributed by atoms with van der Waals surface area (Å²) in [5.74, 6) is -0.174. The number of nitrogens with zero attached hydrogens (tertiary/aromatic N) is 1. The van der Waals surface area contributed by atoms with Gasteiger partial charge in [0.2, 0.25) is 0 Å². The Morgan fingerprint density at radius 2 is 1.71 bits per heavy atom. The summed E-state index contributed by atoms with van der Waals surface area (Å²) in [7, 11) is -3.40. The summed E-state index contributed by atoms with van der Waals surface area (Å²) in [6.45, 7) is 0.887. The monoisotopic (exact) mass is 317 g/mol. The highest BCUT2D eigenvalue weighted by atomic mass is 32.2. The molecule has 0 atom stereocenters. The fourth-order valence-electron chi connectivity index (χ4n) is 2.80. The second-order valence-corrected chi connectivity index (χ2v) is 8.08. The van der Waals surface area contributed by atoms with Gasteiger partial charge in [0.15, 0.2) is 0 Å². The van der Waals surface area contributed by atoms with Crippen molar-refractivity contribution >= 4 is 16.2 Å². The van der Waals surface area contributed by atoms with Gasteiger partial charge in [0.1, 0.15) is 0 Å². The molecular formula is C13H23N3O4S. The van der Waals surface area contributed by atoms with Crippen molar-refractivity contribution in [2.24, 2.45) is 5.92 Å². The van der Waals surface area contributed by atoms with E-state index in [4.69, 9.17) is 5.11 Å². The molecule has 8 heteroatoms. The van der Waals surface area contributed by atoms with Crippen LogP contribution in [0.4, 0.5) is 0 Å². The van der Waals surface area contributed by atoms with E-state index in [-0.39, 0.29) is 24.7 Å². The Labute approximate surface area is 125 Å². The number of hydrogen-bond donors (Lipinski definition) is 3. The molecule has 0 aliphatic heterocycles. The summed E-state index contributed by atoms with van der Waals surface area (Å²) in [6.07, 6.45) is 5.61. The molecule has 0 bridgehead atoms. The van der Waals surface area contributed by atoms with Crippen LogP contribution in [0.3, 0.4) is 0 Å². The maximum atomic E-state index is 11.8. The first-order valence-electron chi connectivity index (χ1n) is 7.67. The number of carboxylic acids is 1. The number of hydrogen-bond acceptors (Lipinski definition) is 4. The predicted molar refractivity (Wildman–Crippen MR) is 77.0 cm³/mol. The molecule has 7 nitrogen and oxygen atoms in total. The zero-order valence-corrected chi connectivity index (χ0v) is 12.8. The third-order valence-corrected chi connectivity index (χ3v) is 5.67. The first-order valence-corrected chi connectivity index (χ1v) is 9.15. The van der Waals surface area contributed by atoms with E-state index in [9.17, 15) is 13.2 Å². The Balaban J connectivity index is 1.44. The molecule has 3 saturated carbocycles. The van der Waals surface area contributed by atoms with Gasteiger partial charge in [-0.05, 0) is 44.4 Å². The minimum atomic E-state index is -3.40. The number of rotatable bonds is 9. The minimum Gasteiger partial charge on any atom is -0.480 e. The van der Waals surface area contributed by atoms with Crippen LogP contribution in [-0.2, 0) is 15.0 Å². The van der Waals surface area contributed by atoms with Gasteiger partial charge in [0.05, 0.1) is 6.54 Å². The maximum absolute atomic E-state index is 11.8. The third kappa shape index (κ3) is 4.64. The fraction of sp³-hybridized carbons (Fsp3) is 0.923. The van der Waals surface area contributed by atoms with E-state index in [2.05, 4.69) is 9.44 Å². The van der Waals surface area contributed by atoms with E-state index < -0.39 is 16.2 Å². The number of aliphatic carboxylic acids is 1. The molecule has 0 saturated heterocycles. The minimum absolute atomic E-state index is 0.0565. The van der Waals surface area contributed by atoms with Crippen molar-refractivity contribution in [1.82, 2.24) is 14.3 Å². The molecule has 3 aliphatic rings. The molecule has 0 aromatic carbocycles. The molecule has 3 rings (SSSR count). The molecule has 0 heterocycles. The van der Waals surface area contributed by atoms with Crippen LogP contribution >= 0.6 is 0 Å². The van der Waals surface area contributed by atoms with Crippen LogP contribution in [0.25, 0.3) is 0 Å². The summed E-state index contributed by atoms with van der Waals surface area (Å²) in [5.41, 5.74) is 0.